The highest BCUT2D eigenvalue weighted by atomic mass is 35.5. The molecule has 0 atom stereocenters. The zero-order valence-electron chi connectivity index (χ0n) is 12.4. The number of ether oxygens (including phenoxy) is 1. The van der Waals surface area contributed by atoms with E-state index < -0.39 is 22.3 Å². The first-order valence-corrected chi connectivity index (χ1v) is 6.95. The Kier molecular flexibility index (Phi) is 5.33. The number of aromatic hydroxyl groups is 1. The smallest absolute Gasteiger partial charge is 0.315 e. The molecule has 0 saturated heterocycles. The van der Waals surface area contributed by atoms with E-state index in [0.717, 1.165) is 12.3 Å². The van der Waals surface area contributed by atoms with Gasteiger partial charge in [-0.25, -0.2) is 5.43 Å². The Morgan fingerprint density at radius 1 is 1.42 bits per heavy atom. The molecule has 0 fully saturated rings. The number of nitrogens with zero attached hydrogens (tertiary/aromatic N) is 2. The molecule has 0 bridgehead atoms. The van der Waals surface area contributed by atoms with Gasteiger partial charge in [0.1, 0.15) is 5.75 Å². The molecule has 0 saturated carbocycles. The maximum absolute atomic E-state index is 11.9. The van der Waals surface area contributed by atoms with Crippen LogP contribution in [-0.2, 0) is 0 Å². The first kappa shape index (κ1) is 17.2. The van der Waals surface area contributed by atoms with Crippen LogP contribution in [0.5, 0.6) is 11.5 Å². The predicted molar refractivity (Wildman–Crippen MR) is 87.8 cm³/mol. The SMILES string of the molecule is COc1cc(/C=N\NC(=O)c2ccccc2Cl)c(O)c([N+](=O)[O-])c1. The number of hydrazone groups is 1. The van der Waals surface area contributed by atoms with Crippen molar-refractivity contribution in [3.63, 3.8) is 0 Å². The second-order valence-corrected chi connectivity index (χ2v) is 4.93. The predicted octanol–water partition coefficient (Wildman–Crippen LogP) is 2.73. The Bertz CT molecular complexity index is 823. The number of methoxy groups -OCH3 is 1. The molecule has 0 spiro atoms. The number of carbonyl (C=O) groups excluding carboxylic acids is 1. The van der Waals surface area contributed by atoms with Gasteiger partial charge in [-0.05, 0) is 18.2 Å². The van der Waals surface area contributed by atoms with Crippen LogP contribution in [0.25, 0.3) is 0 Å². The molecule has 0 aliphatic heterocycles. The Morgan fingerprint density at radius 3 is 2.75 bits per heavy atom. The molecule has 0 radical (unpaired) electrons. The number of carbonyl (C=O) groups is 1. The van der Waals surface area contributed by atoms with Gasteiger partial charge in [0, 0.05) is 5.56 Å². The van der Waals surface area contributed by atoms with Crippen LogP contribution in [0.2, 0.25) is 5.02 Å². The highest BCUT2D eigenvalue weighted by molar-refractivity contribution is 6.33. The van der Waals surface area contributed by atoms with Gasteiger partial charge in [0.15, 0.2) is 0 Å². The number of nitrogens with one attached hydrogen (secondary N) is 1. The van der Waals surface area contributed by atoms with Crippen LogP contribution in [0.4, 0.5) is 5.69 Å². The summed E-state index contributed by atoms with van der Waals surface area (Å²) < 4.78 is 4.93. The molecule has 2 aromatic carbocycles. The average molecular weight is 350 g/mol. The number of halogens is 1. The lowest BCUT2D eigenvalue weighted by Crippen LogP contribution is -2.18. The van der Waals surface area contributed by atoms with Gasteiger partial charge in [-0.2, -0.15) is 5.10 Å². The summed E-state index contributed by atoms with van der Waals surface area (Å²) >= 11 is 5.89. The number of amides is 1. The van der Waals surface area contributed by atoms with Gasteiger partial charge in [0.2, 0.25) is 5.75 Å². The zero-order chi connectivity index (χ0) is 17.7. The number of hydrogen-bond acceptors (Lipinski definition) is 6. The summed E-state index contributed by atoms with van der Waals surface area (Å²) in [5, 5.41) is 24.7. The van der Waals surface area contributed by atoms with Crippen molar-refractivity contribution >= 4 is 29.4 Å². The van der Waals surface area contributed by atoms with Crippen LogP contribution >= 0.6 is 11.6 Å². The van der Waals surface area contributed by atoms with Crippen molar-refractivity contribution in [3.05, 3.63) is 62.7 Å². The van der Waals surface area contributed by atoms with Gasteiger partial charge in [-0.3, -0.25) is 14.9 Å². The van der Waals surface area contributed by atoms with Crippen molar-refractivity contribution in [1.82, 2.24) is 5.43 Å². The van der Waals surface area contributed by atoms with Gasteiger partial charge in [-0.1, -0.05) is 23.7 Å². The molecule has 2 N–H and O–H groups in total. The lowest BCUT2D eigenvalue weighted by molar-refractivity contribution is -0.385. The summed E-state index contributed by atoms with van der Waals surface area (Å²) in [6.45, 7) is 0. The maximum Gasteiger partial charge on any atom is 0.315 e. The fraction of sp³-hybridized carbons (Fsp3) is 0.0667. The quantitative estimate of drug-likeness (QED) is 0.489. The minimum atomic E-state index is -0.752. The Morgan fingerprint density at radius 2 is 2.12 bits per heavy atom. The van der Waals surface area contributed by atoms with Crippen LogP contribution in [0.15, 0.2) is 41.5 Å². The highest BCUT2D eigenvalue weighted by Gasteiger charge is 2.18. The van der Waals surface area contributed by atoms with E-state index >= 15 is 0 Å². The molecule has 24 heavy (non-hydrogen) atoms. The number of rotatable bonds is 5. The molecular formula is C15H12ClN3O5. The first-order chi connectivity index (χ1) is 11.4. The maximum atomic E-state index is 11.9. The van der Waals surface area contributed by atoms with Gasteiger partial charge < -0.3 is 9.84 Å². The second-order valence-electron chi connectivity index (χ2n) is 4.52. The van der Waals surface area contributed by atoms with Crippen molar-refractivity contribution in [1.29, 1.82) is 0 Å². The molecule has 0 unspecified atom stereocenters. The first-order valence-electron chi connectivity index (χ1n) is 6.57. The third-order valence-corrected chi connectivity index (χ3v) is 3.34. The summed E-state index contributed by atoms with van der Waals surface area (Å²) in [7, 11) is 1.33. The fourth-order valence-corrected chi connectivity index (χ4v) is 2.06. The molecular weight excluding hydrogens is 338 g/mol. The summed E-state index contributed by atoms with van der Waals surface area (Å²) in [6, 6.07) is 8.80. The minimum Gasteiger partial charge on any atom is -0.502 e. The molecule has 9 heteroatoms. The van der Waals surface area contributed by atoms with Gasteiger partial charge in [0.25, 0.3) is 5.91 Å². The number of phenols is 1. The van der Waals surface area contributed by atoms with Gasteiger partial charge in [-0.15, -0.1) is 0 Å². The number of hydrogen-bond donors (Lipinski definition) is 2. The minimum absolute atomic E-state index is 0.0144. The Balaban J connectivity index is 2.23. The van der Waals surface area contributed by atoms with Crippen LogP contribution in [0.3, 0.4) is 0 Å². The van der Waals surface area contributed by atoms with E-state index in [-0.39, 0.29) is 21.9 Å². The largest absolute Gasteiger partial charge is 0.502 e. The average Bonchev–Trinajstić information content (AvgIpc) is 2.56. The number of phenolic OH excluding ortho intramolecular Hbond substituents is 1. The Hall–Kier alpha value is -3.13. The van der Waals surface area contributed by atoms with Gasteiger partial charge in [0.05, 0.1) is 34.9 Å². The number of nitro groups is 1. The summed E-state index contributed by atoms with van der Waals surface area (Å²) in [4.78, 5) is 22.1. The molecule has 0 aliphatic carbocycles. The van der Waals surface area contributed by atoms with E-state index in [9.17, 15) is 20.0 Å². The summed E-state index contributed by atoms with van der Waals surface area (Å²) in [5.74, 6) is -0.983. The van der Waals surface area contributed by atoms with Crippen LogP contribution in [0, 0.1) is 10.1 Å². The molecule has 0 aromatic heterocycles. The third kappa shape index (κ3) is 3.79. The molecule has 2 aromatic rings. The molecule has 2 rings (SSSR count). The van der Waals surface area contributed by atoms with Crippen LogP contribution < -0.4 is 10.2 Å². The van der Waals surface area contributed by atoms with Crippen molar-refractivity contribution in [3.8, 4) is 11.5 Å². The molecule has 0 aliphatic rings. The number of nitro benzene ring substituents is 1. The number of benzene rings is 2. The van der Waals surface area contributed by atoms with Gasteiger partial charge >= 0.3 is 5.69 Å². The summed E-state index contributed by atoms with van der Waals surface area (Å²) in [5.41, 5.74) is 1.93. The topological polar surface area (TPSA) is 114 Å². The fourth-order valence-electron chi connectivity index (χ4n) is 1.84. The zero-order valence-corrected chi connectivity index (χ0v) is 13.1. The van der Waals surface area contributed by atoms with Crippen molar-refractivity contribution < 1.29 is 19.6 Å². The highest BCUT2D eigenvalue weighted by Crippen LogP contribution is 2.33. The van der Waals surface area contributed by atoms with E-state index in [1.165, 1.54) is 19.2 Å². The molecule has 0 heterocycles. The van der Waals surface area contributed by atoms with Crippen LogP contribution in [0.1, 0.15) is 15.9 Å². The third-order valence-electron chi connectivity index (χ3n) is 3.01. The lowest BCUT2D eigenvalue weighted by Gasteiger charge is -2.05. The van der Waals surface area contributed by atoms with E-state index in [1.54, 1.807) is 18.2 Å². The molecule has 1 amide bonds. The van der Waals surface area contributed by atoms with Crippen molar-refractivity contribution in [2.24, 2.45) is 5.10 Å². The van der Waals surface area contributed by atoms with E-state index in [2.05, 4.69) is 10.5 Å². The van der Waals surface area contributed by atoms with Crippen molar-refractivity contribution in [2.45, 2.75) is 0 Å². The summed E-state index contributed by atoms with van der Waals surface area (Å²) in [6.07, 6.45) is 1.07. The molecule has 124 valence electrons. The second kappa shape index (κ2) is 7.42. The normalized spacial score (nSPS) is 10.6. The van der Waals surface area contributed by atoms with Crippen LogP contribution in [-0.4, -0.2) is 29.3 Å². The standard InChI is InChI=1S/C15H12ClN3O5/c1-24-10-6-9(14(20)13(7-10)19(22)23)8-17-18-15(21)11-4-2-3-5-12(11)16/h2-8,20H,1H3,(H,18,21)/b17-8-. The van der Waals surface area contributed by atoms with E-state index in [4.69, 9.17) is 16.3 Å². The van der Waals surface area contributed by atoms with E-state index in [1.807, 2.05) is 0 Å². The molecule has 8 nitrogen and oxygen atoms in total. The lowest BCUT2D eigenvalue weighted by atomic mass is 10.1. The Labute approximate surface area is 141 Å². The van der Waals surface area contributed by atoms with E-state index in [0.29, 0.717) is 0 Å². The van der Waals surface area contributed by atoms with Crippen molar-refractivity contribution in [2.75, 3.05) is 7.11 Å². The monoisotopic (exact) mass is 349 g/mol.